The fraction of sp³-hybridized carbons (Fsp3) is 0.222. The number of ketones is 1. The summed E-state index contributed by atoms with van der Waals surface area (Å²) in [6.07, 6.45) is 3.86. The summed E-state index contributed by atoms with van der Waals surface area (Å²) in [5.74, 6) is -1.96. The van der Waals surface area contributed by atoms with Crippen LogP contribution in [0.25, 0.3) is 6.08 Å². The van der Waals surface area contributed by atoms with Gasteiger partial charge in [0.1, 0.15) is 6.04 Å². The number of benzene rings is 2. The van der Waals surface area contributed by atoms with Crippen molar-refractivity contribution < 1.29 is 14.4 Å². The molecule has 6 heteroatoms. The predicted octanol–water partition coefficient (Wildman–Crippen LogP) is 4.76. The molecular weight excluding hydrogens is 432 g/mol. The van der Waals surface area contributed by atoms with Gasteiger partial charge in [0, 0.05) is 6.20 Å². The highest BCUT2D eigenvalue weighted by atomic mass is 32.1. The fourth-order valence-corrected chi connectivity index (χ4v) is 6.24. The molecule has 3 aliphatic rings. The van der Waals surface area contributed by atoms with Gasteiger partial charge in [-0.2, -0.15) is 0 Å². The van der Waals surface area contributed by atoms with Gasteiger partial charge in [-0.15, -0.1) is 11.3 Å². The van der Waals surface area contributed by atoms with E-state index < -0.39 is 17.9 Å². The van der Waals surface area contributed by atoms with Gasteiger partial charge in [0.15, 0.2) is 5.78 Å². The van der Waals surface area contributed by atoms with E-state index in [1.54, 1.807) is 6.07 Å². The Balaban J connectivity index is 1.51. The lowest BCUT2D eigenvalue weighted by Gasteiger charge is -2.35. The predicted molar refractivity (Wildman–Crippen MR) is 128 cm³/mol. The molecule has 2 fully saturated rings. The van der Waals surface area contributed by atoms with Crippen molar-refractivity contribution in [1.29, 1.82) is 0 Å². The standard InChI is InChI=1S/C27H22N2O3S/c1-15-9-10-18(14-16(15)2)29-26(31)21-22(27(29)32)24(25(30)20-8-5-13-33-20)28-12-11-17-6-3-4-7-19(17)23(21)28/h3-14,21-24H,1-2H3. The highest BCUT2D eigenvalue weighted by Crippen LogP contribution is 2.53. The van der Waals surface area contributed by atoms with Crippen LogP contribution in [0.2, 0.25) is 0 Å². The average molecular weight is 455 g/mol. The number of anilines is 1. The van der Waals surface area contributed by atoms with Crippen molar-refractivity contribution >= 4 is 40.7 Å². The number of fused-ring (bicyclic) bond motifs is 5. The number of imide groups is 1. The lowest BCUT2D eigenvalue weighted by Crippen LogP contribution is -2.44. The van der Waals surface area contributed by atoms with Crippen LogP contribution in [0.15, 0.2) is 66.2 Å². The van der Waals surface area contributed by atoms with Crippen molar-refractivity contribution in [1.82, 2.24) is 4.90 Å². The lowest BCUT2D eigenvalue weighted by molar-refractivity contribution is -0.123. The van der Waals surface area contributed by atoms with Crippen molar-refractivity contribution in [2.24, 2.45) is 11.8 Å². The van der Waals surface area contributed by atoms with Crippen LogP contribution >= 0.6 is 11.3 Å². The molecule has 5 nitrogen and oxygen atoms in total. The summed E-state index contributed by atoms with van der Waals surface area (Å²) in [5, 5.41) is 1.86. The maximum absolute atomic E-state index is 13.9. The first-order chi connectivity index (χ1) is 16.0. The van der Waals surface area contributed by atoms with Gasteiger partial charge in [-0.05, 0) is 65.8 Å². The minimum Gasteiger partial charge on any atom is -0.358 e. The Labute approximate surface area is 195 Å². The molecule has 0 saturated carbocycles. The molecule has 1 aromatic heterocycles. The van der Waals surface area contributed by atoms with Gasteiger partial charge >= 0.3 is 0 Å². The van der Waals surface area contributed by atoms with Crippen LogP contribution in [-0.2, 0) is 9.59 Å². The number of hydrogen-bond donors (Lipinski definition) is 0. The van der Waals surface area contributed by atoms with E-state index in [0.717, 1.165) is 22.3 Å². The SMILES string of the molecule is Cc1ccc(N2C(=O)C3C(C2=O)C2c4ccccc4C=CN2C3C(=O)c2cccs2)cc1C. The molecule has 0 bridgehead atoms. The molecule has 6 rings (SSSR count). The van der Waals surface area contributed by atoms with E-state index in [0.29, 0.717) is 10.6 Å². The maximum Gasteiger partial charge on any atom is 0.240 e. The number of rotatable bonds is 3. The molecule has 2 aromatic carbocycles. The third kappa shape index (κ3) is 2.80. The maximum atomic E-state index is 13.9. The Kier molecular flexibility index (Phi) is 4.42. The van der Waals surface area contributed by atoms with Crippen LogP contribution in [0.4, 0.5) is 5.69 Å². The number of hydrogen-bond acceptors (Lipinski definition) is 5. The van der Waals surface area contributed by atoms with Gasteiger partial charge < -0.3 is 4.90 Å². The summed E-state index contributed by atoms with van der Waals surface area (Å²) in [7, 11) is 0. The van der Waals surface area contributed by atoms with Crippen LogP contribution in [0, 0.1) is 25.7 Å². The number of thiophene rings is 1. The van der Waals surface area contributed by atoms with E-state index >= 15 is 0 Å². The Morgan fingerprint density at radius 1 is 0.909 bits per heavy atom. The third-order valence-electron chi connectivity index (χ3n) is 7.24. The van der Waals surface area contributed by atoms with E-state index in [-0.39, 0.29) is 23.6 Å². The second-order valence-corrected chi connectivity index (χ2v) is 9.90. The van der Waals surface area contributed by atoms with Crippen molar-refractivity contribution in [2.75, 3.05) is 4.90 Å². The summed E-state index contributed by atoms with van der Waals surface area (Å²) < 4.78 is 0. The first kappa shape index (κ1) is 20.1. The second-order valence-electron chi connectivity index (χ2n) is 8.96. The molecule has 0 radical (unpaired) electrons. The topological polar surface area (TPSA) is 57.7 Å². The number of amides is 2. The molecule has 33 heavy (non-hydrogen) atoms. The summed E-state index contributed by atoms with van der Waals surface area (Å²) in [4.78, 5) is 45.2. The van der Waals surface area contributed by atoms with Crippen molar-refractivity contribution in [2.45, 2.75) is 25.9 Å². The molecule has 2 saturated heterocycles. The summed E-state index contributed by atoms with van der Waals surface area (Å²) in [6, 6.07) is 16.1. The van der Waals surface area contributed by atoms with Crippen molar-refractivity contribution in [3.8, 4) is 0 Å². The molecule has 3 aliphatic heterocycles. The molecule has 4 atom stereocenters. The van der Waals surface area contributed by atoms with Gasteiger partial charge in [0.2, 0.25) is 11.8 Å². The molecule has 3 aromatic rings. The Morgan fingerprint density at radius 3 is 2.45 bits per heavy atom. The number of Topliss-reactive ketones (excluding diaryl/α,β-unsaturated/α-hetero) is 1. The fourth-order valence-electron chi connectivity index (χ4n) is 5.54. The first-order valence-corrected chi connectivity index (χ1v) is 11.9. The summed E-state index contributed by atoms with van der Waals surface area (Å²) in [6.45, 7) is 3.97. The van der Waals surface area contributed by atoms with Crippen LogP contribution in [-0.4, -0.2) is 28.5 Å². The number of nitrogens with zero attached hydrogens (tertiary/aromatic N) is 2. The van der Waals surface area contributed by atoms with Gasteiger partial charge in [-0.1, -0.05) is 36.4 Å². The zero-order valence-electron chi connectivity index (χ0n) is 18.3. The molecule has 0 aliphatic carbocycles. The van der Waals surface area contributed by atoms with E-state index in [1.165, 1.54) is 16.2 Å². The van der Waals surface area contributed by atoms with Crippen molar-refractivity contribution in [3.63, 3.8) is 0 Å². The van der Waals surface area contributed by atoms with Crippen molar-refractivity contribution in [3.05, 3.63) is 93.3 Å². The molecule has 0 N–H and O–H groups in total. The minimum absolute atomic E-state index is 0.102. The van der Waals surface area contributed by atoms with Gasteiger partial charge in [0.05, 0.1) is 28.4 Å². The quantitative estimate of drug-likeness (QED) is 0.423. The molecule has 2 amide bonds. The average Bonchev–Trinajstić information content (AvgIpc) is 3.52. The highest BCUT2D eigenvalue weighted by molar-refractivity contribution is 7.12. The van der Waals surface area contributed by atoms with Crippen LogP contribution in [0.5, 0.6) is 0 Å². The number of carbonyl (C=O) groups is 3. The van der Waals surface area contributed by atoms with Crippen LogP contribution in [0.3, 0.4) is 0 Å². The number of aryl methyl sites for hydroxylation is 2. The molecule has 164 valence electrons. The van der Waals surface area contributed by atoms with Gasteiger partial charge in [0.25, 0.3) is 0 Å². The monoisotopic (exact) mass is 454 g/mol. The molecular formula is C27H22N2O3S. The summed E-state index contributed by atoms with van der Waals surface area (Å²) in [5.41, 5.74) is 4.70. The minimum atomic E-state index is -0.727. The smallest absolute Gasteiger partial charge is 0.240 e. The largest absolute Gasteiger partial charge is 0.358 e. The molecule has 4 heterocycles. The molecule has 4 unspecified atom stereocenters. The van der Waals surface area contributed by atoms with E-state index in [9.17, 15) is 14.4 Å². The number of carbonyl (C=O) groups excluding carboxylic acids is 3. The first-order valence-electron chi connectivity index (χ1n) is 11.0. The second kappa shape index (κ2) is 7.25. The van der Waals surface area contributed by atoms with E-state index in [1.807, 2.05) is 84.9 Å². The Bertz CT molecular complexity index is 1340. The normalized spacial score (nSPS) is 25.3. The Hall–Kier alpha value is -3.51. The third-order valence-corrected chi connectivity index (χ3v) is 8.13. The summed E-state index contributed by atoms with van der Waals surface area (Å²) >= 11 is 1.37. The van der Waals surface area contributed by atoms with E-state index in [4.69, 9.17) is 0 Å². The van der Waals surface area contributed by atoms with E-state index in [2.05, 4.69) is 0 Å². The lowest BCUT2D eigenvalue weighted by atomic mass is 9.84. The zero-order valence-corrected chi connectivity index (χ0v) is 19.1. The van der Waals surface area contributed by atoms with Gasteiger partial charge in [-0.3, -0.25) is 14.4 Å². The van der Waals surface area contributed by atoms with Crippen LogP contribution < -0.4 is 4.90 Å². The molecule has 0 spiro atoms. The van der Waals surface area contributed by atoms with Crippen LogP contribution in [0.1, 0.15) is 38.0 Å². The van der Waals surface area contributed by atoms with Gasteiger partial charge in [-0.25, -0.2) is 4.90 Å². The highest BCUT2D eigenvalue weighted by Gasteiger charge is 2.64. The zero-order chi connectivity index (χ0) is 22.9. The Morgan fingerprint density at radius 2 is 1.70 bits per heavy atom.